The predicted octanol–water partition coefficient (Wildman–Crippen LogP) is 3.64. The van der Waals surface area contributed by atoms with E-state index < -0.39 is 0 Å². The molecular formula is C17H22N2O2. The van der Waals surface area contributed by atoms with E-state index in [-0.39, 0.29) is 17.7 Å². The van der Waals surface area contributed by atoms with Gasteiger partial charge in [0.05, 0.1) is 0 Å². The molecule has 2 rings (SSSR count). The highest BCUT2D eigenvalue weighted by molar-refractivity contribution is 5.96. The molecule has 0 saturated heterocycles. The van der Waals surface area contributed by atoms with Crippen LogP contribution in [0, 0.1) is 12.8 Å². The van der Waals surface area contributed by atoms with E-state index in [9.17, 15) is 9.59 Å². The van der Waals surface area contributed by atoms with Crippen LogP contribution in [-0.2, 0) is 9.59 Å². The zero-order valence-electron chi connectivity index (χ0n) is 12.6. The molecule has 1 atom stereocenters. The molecule has 2 N–H and O–H groups in total. The number of carbonyl (C=O) groups is 2. The van der Waals surface area contributed by atoms with E-state index in [0.29, 0.717) is 6.42 Å². The lowest BCUT2D eigenvalue weighted by Crippen LogP contribution is -2.24. The highest BCUT2D eigenvalue weighted by Gasteiger charge is 2.19. The number of nitrogens with one attached hydrogen (secondary N) is 2. The second-order valence-corrected chi connectivity index (χ2v) is 5.35. The number of hydrogen-bond donors (Lipinski definition) is 2. The molecule has 0 saturated carbocycles. The van der Waals surface area contributed by atoms with Crippen LogP contribution in [0.3, 0.4) is 0 Å². The largest absolute Gasteiger partial charge is 0.326 e. The molecule has 0 spiro atoms. The minimum Gasteiger partial charge on any atom is -0.326 e. The van der Waals surface area contributed by atoms with Gasteiger partial charge < -0.3 is 10.6 Å². The summed E-state index contributed by atoms with van der Waals surface area (Å²) in [5.74, 6) is 0.0729. The predicted molar refractivity (Wildman–Crippen MR) is 85.2 cm³/mol. The summed E-state index contributed by atoms with van der Waals surface area (Å²) < 4.78 is 0. The molecule has 21 heavy (non-hydrogen) atoms. The molecule has 1 aliphatic carbocycles. The van der Waals surface area contributed by atoms with E-state index in [1.807, 2.05) is 32.0 Å². The Kier molecular flexibility index (Phi) is 5.14. The molecule has 1 aliphatic rings. The Morgan fingerprint density at radius 1 is 1.19 bits per heavy atom. The van der Waals surface area contributed by atoms with Gasteiger partial charge in [-0.3, -0.25) is 9.59 Å². The number of allylic oxidation sites excluding steroid dienone is 2. The zero-order valence-corrected chi connectivity index (χ0v) is 12.6. The standard InChI is InChI=1S/C17H22N2O2/c1-3-16(20)18-14-10-7-11-15(12(14)2)19-17(21)13-8-5-4-6-9-13/h4-5,7,10-11,13H,3,6,8-9H2,1-2H3,(H,18,20)(H,19,21)/t13-/m1/s1. The first-order valence-electron chi connectivity index (χ1n) is 7.47. The summed E-state index contributed by atoms with van der Waals surface area (Å²) in [4.78, 5) is 23.8. The molecule has 1 aromatic carbocycles. The molecule has 2 amide bonds. The van der Waals surface area contributed by atoms with Gasteiger partial charge in [0.2, 0.25) is 11.8 Å². The minimum absolute atomic E-state index is 0.0287. The molecule has 0 aliphatic heterocycles. The van der Waals surface area contributed by atoms with Gasteiger partial charge in [-0.1, -0.05) is 25.1 Å². The van der Waals surface area contributed by atoms with Crippen molar-refractivity contribution in [2.45, 2.75) is 39.5 Å². The van der Waals surface area contributed by atoms with Crippen molar-refractivity contribution >= 4 is 23.2 Å². The lowest BCUT2D eigenvalue weighted by Gasteiger charge is -2.19. The molecule has 4 heteroatoms. The van der Waals surface area contributed by atoms with Crippen LogP contribution in [0.5, 0.6) is 0 Å². The van der Waals surface area contributed by atoms with Crippen LogP contribution in [-0.4, -0.2) is 11.8 Å². The van der Waals surface area contributed by atoms with Crippen molar-refractivity contribution in [3.63, 3.8) is 0 Å². The Hall–Kier alpha value is -2.10. The monoisotopic (exact) mass is 286 g/mol. The average molecular weight is 286 g/mol. The Bertz CT molecular complexity index is 564. The summed E-state index contributed by atoms with van der Waals surface area (Å²) in [6.07, 6.45) is 7.29. The van der Waals surface area contributed by atoms with E-state index in [1.54, 1.807) is 0 Å². The van der Waals surface area contributed by atoms with E-state index in [1.165, 1.54) is 0 Å². The molecule has 0 bridgehead atoms. The van der Waals surface area contributed by atoms with Crippen LogP contribution in [0.15, 0.2) is 30.4 Å². The summed E-state index contributed by atoms with van der Waals surface area (Å²) >= 11 is 0. The van der Waals surface area contributed by atoms with Crippen molar-refractivity contribution in [3.05, 3.63) is 35.9 Å². The first-order valence-corrected chi connectivity index (χ1v) is 7.47. The molecule has 0 aromatic heterocycles. The topological polar surface area (TPSA) is 58.2 Å². The summed E-state index contributed by atoms with van der Waals surface area (Å²) in [5.41, 5.74) is 2.41. The van der Waals surface area contributed by atoms with Crippen LogP contribution in [0.4, 0.5) is 11.4 Å². The second-order valence-electron chi connectivity index (χ2n) is 5.35. The summed E-state index contributed by atoms with van der Waals surface area (Å²) in [7, 11) is 0. The van der Waals surface area contributed by atoms with Gasteiger partial charge in [0, 0.05) is 23.7 Å². The highest BCUT2D eigenvalue weighted by atomic mass is 16.2. The van der Waals surface area contributed by atoms with Crippen molar-refractivity contribution in [1.82, 2.24) is 0 Å². The van der Waals surface area contributed by atoms with Crippen molar-refractivity contribution in [2.75, 3.05) is 10.6 Å². The van der Waals surface area contributed by atoms with Gasteiger partial charge in [0.1, 0.15) is 0 Å². The summed E-state index contributed by atoms with van der Waals surface area (Å²) in [5, 5.41) is 5.84. The number of anilines is 2. The third kappa shape index (κ3) is 3.94. The third-order valence-electron chi connectivity index (χ3n) is 3.83. The lowest BCUT2D eigenvalue weighted by molar-refractivity contribution is -0.120. The number of rotatable bonds is 4. The Labute approximate surface area is 125 Å². The number of benzene rings is 1. The van der Waals surface area contributed by atoms with Gasteiger partial charge in [-0.15, -0.1) is 0 Å². The van der Waals surface area contributed by atoms with Crippen LogP contribution in [0.25, 0.3) is 0 Å². The zero-order chi connectivity index (χ0) is 15.2. The third-order valence-corrected chi connectivity index (χ3v) is 3.83. The lowest BCUT2D eigenvalue weighted by atomic mass is 9.93. The second kappa shape index (κ2) is 7.07. The van der Waals surface area contributed by atoms with E-state index >= 15 is 0 Å². The van der Waals surface area contributed by atoms with Gasteiger partial charge in [-0.05, 0) is 43.9 Å². The van der Waals surface area contributed by atoms with Crippen molar-refractivity contribution in [2.24, 2.45) is 5.92 Å². The normalized spacial score (nSPS) is 17.3. The van der Waals surface area contributed by atoms with Crippen LogP contribution < -0.4 is 10.6 Å². The maximum Gasteiger partial charge on any atom is 0.227 e. The fourth-order valence-corrected chi connectivity index (χ4v) is 2.41. The SMILES string of the molecule is CCC(=O)Nc1cccc(NC(=O)[C@@H]2CC=CCC2)c1C. The van der Waals surface area contributed by atoms with Crippen molar-refractivity contribution in [1.29, 1.82) is 0 Å². The molecule has 0 radical (unpaired) electrons. The van der Waals surface area contributed by atoms with Crippen molar-refractivity contribution in [3.8, 4) is 0 Å². The maximum absolute atomic E-state index is 12.3. The van der Waals surface area contributed by atoms with Gasteiger partial charge >= 0.3 is 0 Å². The Morgan fingerprint density at radius 2 is 1.90 bits per heavy atom. The quantitative estimate of drug-likeness (QED) is 0.830. The van der Waals surface area contributed by atoms with Crippen LogP contribution in [0.2, 0.25) is 0 Å². The van der Waals surface area contributed by atoms with Gasteiger partial charge in [-0.2, -0.15) is 0 Å². The first kappa shape index (κ1) is 15.3. The smallest absolute Gasteiger partial charge is 0.227 e. The minimum atomic E-state index is -0.0287. The van der Waals surface area contributed by atoms with Crippen LogP contribution in [0.1, 0.15) is 38.2 Å². The van der Waals surface area contributed by atoms with Gasteiger partial charge in [0.25, 0.3) is 0 Å². The number of hydrogen-bond acceptors (Lipinski definition) is 2. The molecule has 4 nitrogen and oxygen atoms in total. The number of amides is 2. The fraction of sp³-hybridized carbons (Fsp3) is 0.412. The molecule has 1 aromatic rings. The number of carbonyl (C=O) groups excluding carboxylic acids is 2. The molecule has 112 valence electrons. The fourth-order valence-electron chi connectivity index (χ4n) is 2.41. The first-order chi connectivity index (χ1) is 10.1. The van der Waals surface area contributed by atoms with Crippen LogP contribution >= 0.6 is 0 Å². The molecular weight excluding hydrogens is 264 g/mol. The maximum atomic E-state index is 12.3. The van der Waals surface area contributed by atoms with Gasteiger partial charge in [-0.25, -0.2) is 0 Å². The molecule has 0 heterocycles. The average Bonchev–Trinajstić information content (AvgIpc) is 2.52. The van der Waals surface area contributed by atoms with E-state index in [0.717, 1.165) is 36.2 Å². The Morgan fingerprint density at radius 3 is 2.52 bits per heavy atom. The van der Waals surface area contributed by atoms with Crippen molar-refractivity contribution < 1.29 is 9.59 Å². The Balaban J connectivity index is 2.09. The van der Waals surface area contributed by atoms with Gasteiger partial charge in [0.15, 0.2) is 0 Å². The highest BCUT2D eigenvalue weighted by Crippen LogP contribution is 2.26. The van der Waals surface area contributed by atoms with E-state index in [2.05, 4.69) is 22.8 Å². The summed E-state index contributed by atoms with van der Waals surface area (Å²) in [6, 6.07) is 5.56. The van der Waals surface area contributed by atoms with E-state index in [4.69, 9.17) is 0 Å². The summed E-state index contributed by atoms with van der Waals surface area (Å²) in [6.45, 7) is 3.72. The molecule has 0 fully saturated rings. The molecule has 0 unspecified atom stereocenters.